The van der Waals surface area contributed by atoms with Crippen molar-refractivity contribution in [3.8, 4) is 50.7 Å². The van der Waals surface area contributed by atoms with Gasteiger partial charge in [-0.15, -0.1) is 0 Å². The van der Waals surface area contributed by atoms with E-state index in [1.807, 2.05) is 18.2 Å². The van der Waals surface area contributed by atoms with Crippen LogP contribution in [-0.2, 0) is 0 Å². The van der Waals surface area contributed by atoms with Crippen LogP contribution in [0.5, 0.6) is 0 Å². The highest BCUT2D eigenvalue weighted by molar-refractivity contribution is 6.09. The fraction of sp³-hybridized carbons (Fsp3) is 0. The predicted octanol–water partition coefficient (Wildman–Crippen LogP) is 11.4. The zero-order chi connectivity index (χ0) is 31.2. The fourth-order valence-corrected chi connectivity index (χ4v) is 6.68. The van der Waals surface area contributed by atoms with Crippen LogP contribution in [0.2, 0.25) is 0 Å². The summed E-state index contributed by atoms with van der Waals surface area (Å²) >= 11 is 0. The third-order valence-electron chi connectivity index (χ3n) is 9.02. The van der Waals surface area contributed by atoms with Crippen molar-refractivity contribution >= 4 is 32.6 Å². The fourth-order valence-electron chi connectivity index (χ4n) is 6.68. The van der Waals surface area contributed by atoms with Crippen LogP contribution in [0.4, 0.5) is 0 Å². The topological polar surface area (TPSA) is 30.7 Å². The molecule has 3 heteroatoms. The molecule has 0 unspecified atom stereocenters. The van der Waals surface area contributed by atoms with Gasteiger partial charge in [0, 0.05) is 33.0 Å². The number of hydrogen-bond donors (Lipinski definition) is 0. The molecule has 0 aliphatic carbocycles. The van der Waals surface area contributed by atoms with E-state index >= 15 is 0 Å². The maximum Gasteiger partial charge on any atom is 0.160 e. The summed E-state index contributed by atoms with van der Waals surface area (Å²) in [6, 6.07) is 62.1. The number of fused-ring (bicyclic) bond motifs is 4. The van der Waals surface area contributed by atoms with Crippen LogP contribution in [-0.4, -0.2) is 14.5 Å². The molecule has 0 radical (unpaired) electrons. The number of para-hydroxylation sites is 2. The molecule has 220 valence electrons. The Morgan fingerprint density at radius 1 is 0.383 bits per heavy atom. The molecular formula is C44H29N3. The Balaban J connectivity index is 1.10. The Morgan fingerprint density at radius 2 is 0.979 bits per heavy atom. The SMILES string of the molecule is c1ccc(-c2nc(-c3ccc(-c4ccc(-c5cc6ccccc6n5-c5ccccc5)cc4)cc3)c3ccc4ccccc4c3n2)cc1. The van der Waals surface area contributed by atoms with E-state index in [1.54, 1.807) is 0 Å². The van der Waals surface area contributed by atoms with E-state index in [0.717, 1.165) is 50.2 Å². The van der Waals surface area contributed by atoms with Gasteiger partial charge in [-0.05, 0) is 52.4 Å². The number of rotatable bonds is 5. The molecule has 3 nitrogen and oxygen atoms in total. The summed E-state index contributed by atoms with van der Waals surface area (Å²) in [4.78, 5) is 10.2. The van der Waals surface area contributed by atoms with Gasteiger partial charge in [0.2, 0.25) is 0 Å². The summed E-state index contributed by atoms with van der Waals surface area (Å²) < 4.78 is 2.35. The summed E-state index contributed by atoms with van der Waals surface area (Å²) in [5, 5.41) is 4.58. The lowest BCUT2D eigenvalue weighted by atomic mass is 9.98. The van der Waals surface area contributed by atoms with Crippen molar-refractivity contribution in [1.82, 2.24) is 14.5 Å². The smallest absolute Gasteiger partial charge is 0.160 e. The van der Waals surface area contributed by atoms with Crippen LogP contribution < -0.4 is 0 Å². The molecule has 2 aromatic heterocycles. The van der Waals surface area contributed by atoms with Crippen molar-refractivity contribution in [2.75, 3.05) is 0 Å². The van der Waals surface area contributed by atoms with Crippen molar-refractivity contribution in [3.63, 3.8) is 0 Å². The van der Waals surface area contributed by atoms with Crippen LogP contribution >= 0.6 is 0 Å². The normalized spacial score (nSPS) is 11.4. The molecule has 0 fully saturated rings. The molecule has 9 aromatic rings. The summed E-state index contributed by atoms with van der Waals surface area (Å²) in [6.07, 6.45) is 0. The molecule has 0 N–H and O–H groups in total. The first-order chi connectivity index (χ1) is 23.3. The standard InChI is InChI=1S/C44H29N3/c1-3-12-35(13-4-1)44-45-42(39-28-27-32-11-7-9-17-38(32)43(39)46-44)34-25-21-31(22-26-34)30-19-23-33(24-20-30)41-29-36-14-8-10-18-40(36)47(41)37-15-5-2-6-16-37/h1-29H. The van der Waals surface area contributed by atoms with Gasteiger partial charge in [-0.3, -0.25) is 0 Å². The van der Waals surface area contributed by atoms with Crippen molar-refractivity contribution < 1.29 is 0 Å². The second-order valence-corrected chi connectivity index (χ2v) is 11.9. The predicted molar refractivity (Wildman–Crippen MR) is 196 cm³/mol. The number of nitrogens with zero attached hydrogens (tertiary/aromatic N) is 3. The lowest BCUT2D eigenvalue weighted by Crippen LogP contribution is -1.96. The Labute approximate surface area is 273 Å². The number of benzene rings is 7. The quantitative estimate of drug-likeness (QED) is 0.184. The molecule has 0 saturated heterocycles. The van der Waals surface area contributed by atoms with E-state index in [2.05, 4.69) is 162 Å². The lowest BCUT2D eigenvalue weighted by Gasteiger charge is -2.13. The van der Waals surface area contributed by atoms with Crippen LogP contribution in [0, 0.1) is 0 Å². The Kier molecular flexibility index (Phi) is 6.46. The first-order valence-corrected chi connectivity index (χ1v) is 15.9. The van der Waals surface area contributed by atoms with Gasteiger partial charge in [-0.1, -0.05) is 146 Å². The molecule has 0 spiro atoms. The monoisotopic (exact) mass is 599 g/mol. The van der Waals surface area contributed by atoms with E-state index in [4.69, 9.17) is 9.97 Å². The zero-order valence-corrected chi connectivity index (χ0v) is 25.6. The maximum absolute atomic E-state index is 5.13. The van der Waals surface area contributed by atoms with Crippen LogP contribution in [0.25, 0.3) is 83.3 Å². The molecule has 0 aliphatic heterocycles. The van der Waals surface area contributed by atoms with Gasteiger partial charge in [0.05, 0.1) is 22.4 Å². The first kappa shape index (κ1) is 27.0. The van der Waals surface area contributed by atoms with Crippen molar-refractivity contribution in [3.05, 3.63) is 176 Å². The minimum absolute atomic E-state index is 0.733. The minimum Gasteiger partial charge on any atom is -0.309 e. The van der Waals surface area contributed by atoms with E-state index in [-0.39, 0.29) is 0 Å². The highest BCUT2D eigenvalue weighted by Gasteiger charge is 2.15. The highest BCUT2D eigenvalue weighted by Crippen LogP contribution is 2.36. The molecule has 0 bridgehead atoms. The third kappa shape index (κ3) is 4.77. The van der Waals surface area contributed by atoms with Gasteiger partial charge < -0.3 is 4.57 Å². The van der Waals surface area contributed by atoms with Crippen molar-refractivity contribution in [2.24, 2.45) is 0 Å². The Hall–Kier alpha value is -6.32. The molecule has 0 aliphatic rings. The van der Waals surface area contributed by atoms with Gasteiger partial charge in [0.1, 0.15) is 0 Å². The van der Waals surface area contributed by atoms with E-state index < -0.39 is 0 Å². The lowest BCUT2D eigenvalue weighted by molar-refractivity contribution is 1.13. The molecule has 2 heterocycles. The average molecular weight is 600 g/mol. The Bertz CT molecular complexity index is 2530. The van der Waals surface area contributed by atoms with Crippen molar-refractivity contribution in [2.45, 2.75) is 0 Å². The second-order valence-electron chi connectivity index (χ2n) is 11.9. The molecule has 9 rings (SSSR count). The van der Waals surface area contributed by atoms with Gasteiger partial charge in [0.25, 0.3) is 0 Å². The highest BCUT2D eigenvalue weighted by atomic mass is 15.0. The van der Waals surface area contributed by atoms with Gasteiger partial charge in [-0.2, -0.15) is 0 Å². The maximum atomic E-state index is 5.13. The van der Waals surface area contributed by atoms with E-state index in [9.17, 15) is 0 Å². The molecule has 0 atom stereocenters. The zero-order valence-electron chi connectivity index (χ0n) is 25.6. The van der Waals surface area contributed by atoms with E-state index in [1.165, 1.54) is 33.1 Å². The number of hydrogen-bond acceptors (Lipinski definition) is 2. The van der Waals surface area contributed by atoms with Crippen LogP contribution in [0.3, 0.4) is 0 Å². The molecule has 7 aromatic carbocycles. The molecule has 0 saturated carbocycles. The van der Waals surface area contributed by atoms with E-state index in [0.29, 0.717) is 0 Å². The van der Waals surface area contributed by atoms with Gasteiger partial charge in [0.15, 0.2) is 5.82 Å². The minimum atomic E-state index is 0.733. The average Bonchev–Trinajstić information content (AvgIpc) is 3.55. The van der Waals surface area contributed by atoms with Crippen LogP contribution in [0.15, 0.2) is 176 Å². The first-order valence-electron chi connectivity index (χ1n) is 15.9. The van der Waals surface area contributed by atoms with Crippen molar-refractivity contribution in [1.29, 1.82) is 0 Å². The third-order valence-corrected chi connectivity index (χ3v) is 9.02. The summed E-state index contributed by atoms with van der Waals surface area (Å²) in [5.41, 5.74) is 11.0. The summed E-state index contributed by atoms with van der Waals surface area (Å²) in [5.74, 6) is 0.733. The largest absolute Gasteiger partial charge is 0.309 e. The van der Waals surface area contributed by atoms with Crippen LogP contribution in [0.1, 0.15) is 0 Å². The second kappa shape index (κ2) is 11.2. The Morgan fingerprint density at radius 3 is 1.72 bits per heavy atom. The summed E-state index contributed by atoms with van der Waals surface area (Å²) in [6.45, 7) is 0. The molecule has 0 amide bonds. The van der Waals surface area contributed by atoms with Gasteiger partial charge >= 0.3 is 0 Å². The molecule has 47 heavy (non-hydrogen) atoms. The molecular weight excluding hydrogens is 571 g/mol. The van der Waals surface area contributed by atoms with Gasteiger partial charge in [-0.25, -0.2) is 9.97 Å². The summed E-state index contributed by atoms with van der Waals surface area (Å²) in [7, 11) is 0. The number of aromatic nitrogens is 3.